The third-order valence-corrected chi connectivity index (χ3v) is 6.90. The van der Waals surface area contributed by atoms with E-state index in [9.17, 15) is 0 Å². The maximum absolute atomic E-state index is 4.80. The van der Waals surface area contributed by atoms with E-state index in [0.717, 1.165) is 29.1 Å². The summed E-state index contributed by atoms with van der Waals surface area (Å²) in [6.07, 6.45) is 10.4. The van der Waals surface area contributed by atoms with E-state index in [1.54, 1.807) is 0 Å². The first-order valence-corrected chi connectivity index (χ1v) is 9.80. The molecule has 0 amide bonds. The van der Waals surface area contributed by atoms with Gasteiger partial charge in [0.1, 0.15) is 5.82 Å². The minimum atomic E-state index is 0.509. The largest absolute Gasteiger partial charge is 0.368 e. The van der Waals surface area contributed by atoms with E-state index in [1.165, 1.54) is 50.3 Å². The number of rotatable bonds is 4. The molecule has 0 radical (unpaired) electrons. The topological polar surface area (TPSA) is 24.9 Å². The van der Waals surface area contributed by atoms with Gasteiger partial charge in [0.25, 0.3) is 0 Å². The molecular formula is C22H28N2. The van der Waals surface area contributed by atoms with Crippen molar-refractivity contribution < 1.29 is 0 Å². The van der Waals surface area contributed by atoms with Crippen molar-refractivity contribution in [3.63, 3.8) is 0 Å². The van der Waals surface area contributed by atoms with Gasteiger partial charge in [-0.3, -0.25) is 0 Å². The fourth-order valence-corrected chi connectivity index (χ4v) is 6.64. The van der Waals surface area contributed by atoms with Crippen LogP contribution < -0.4 is 5.32 Å². The van der Waals surface area contributed by atoms with E-state index < -0.39 is 0 Å². The molecular weight excluding hydrogens is 292 g/mol. The van der Waals surface area contributed by atoms with Gasteiger partial charge in [0, 0.05) is 11.4 Å². The van der Waals surface area contributed by atoms with Crippen LogP contribution in [0.25, 0.3) is 10.9 Å². The molecule has 4 saturated carbocycles. The molecule has 4 aliphatic carbocycles. The Morgan fingerprint density at radius 2 is 1.67 bits per heavy atom. The summed E-state index contributed by atoms with van der Waals surface area (Å²) in [4.78, 5) is 4.80. The van der Waals surface area contributed by atoms with Gasteiger partial charge >= 0.3 is 0 Å². The third kappa shape index (κ3) is 2.60. The summed E-state index contributed by atoms with van der Waals surface area (Å²) in [5, 5.41) is 4.92. The molecule has 2 aromatic rings. The molecule has 1 unspecified atom stereocenters. The van der Waals surface area contributed by atoms with E-state index in [0.29, 0.717) is 11.5 Å². The maximum atomic E-state index is 4.80. The summed E-state index contributed by atoms with van der Waals surface area (Å²) in [6, 6.07) is 13.2. The Morgan fingerprint density at radius 3 is 2.38 bits per heavy atom. The highest BCUT2D eigenvalue weighted by Crippen LogP contribution is 2.61. The molecule has 4 bridgehead atoms. The number of nitrogens with zero attached hydrogens (tertiary/aromatic N) is 1. The minimum Gasteiger partial charge on any atom is -0.368 e. The lowest BCUT2D eigenvalue weighted by molar-refractivity contribution is -0.0587. The predicted octanol–water partition coefficient (Wildman–Crippen LogP) is 5.64. The predicted molar refractivity (Wildman–Crippen MR) is 100 cm³/mol. The van der Waals surface area contributed by atoms with Crippen LogP contribution >= 0.6 is 0 Å². The van der Waals surface area contributed by atoms with Gasteiger partial charge in [-0.2, -0.15) is 0 Å². The summed E-state index contributed by atoms with van der Waals surface area (Å²) in [6.45, 7) is 2.36. The summed E-state index contributed by atoms with van der Waals surface area (Å²) in [5.41, 5.74) is 1.72. The van der Waals surface area contributed by atoms with Crippen LogP contribution in [0.1, 0.15) is 51.9 Å². The SMILES string of the molecule is CC(CC12CC3CC(CC(C3)C1)C2)Nc1ccc2ccccc2n1. The maximum Gasteiger partial charge on any atom is 0.126 e. The van der Waals surface area contributed by atoms with E-state index in [1.807, 2.05) is 0 Å². The highest BCUT2D eigenvalue weighted by atomic mass is 15.0. The molecule has 6 rings (SSSR count). The summed E-state index contributed by atoms with van der Waals surface area (Å²) in [5.74, 6) is 4.16. The van der Waals surface area contributed by atoms with Crippen LogP contribution in [0, 0.1) is 23.2 Å². The molecule has 1 atom stereocenters. The standard InChI is InChI=1S/C22H28N2/c1-15(23-21-7-6-19-4-2-3-5-20(19)24-21)11-22-12-16-8-17(13-22)10-18(9-16)14-22/h2-7,15-18H,8-14H2,1H3,(H,23,24). The Kier molecular flexibility index (Phi) is 3.36. The van der Waals surface area contributed by atoms with Gasteiger partial charge in [0.15, 0.2) is 0 Å². The summed E-state index contributed by atoms with van der Waals surface area (Å²) < 4.78 is 0. The quantitative estimate of drug-likeness (QED) is 0.788. The Labute approximate surface area is 145 Å². The second-order valence-corrected chi connectivity index (χ2v) is 9.06. The number of benzene rings is 1. The number of pyridine rings is 1. The lowest BCUT2D eigenvalue weighted by Gasteiger charge is -2.57. The van der Waals surface area contributed by atoms with Gasteiger partial charge in [-0.15, -0.1) is 0 Å². The third-order valence-electron chi connectivity index (χ3n) is 6.90. The molecule has 24 heavy (non-hydrogen) atoms. The van der Waals surface area contributed by atoms with Gasteiger partial charge in [0.2, 0.25) is 0 Å². The molecule has 1 aromatic heterocycles. The smallest absolute Gasteiger partial charge is 0.126 e. The second kappa shape index (κ2) is 5.47. The van der Waals surface area contributed by atoms with E-state index in [2.05, 4.69) is 48.6 Å². The first kappa shape index (κ1) is 14.7. The summed E-state index contributed by atoms with van der Waals surface area (Å²) in [7, 11) is 0. The molecule has 126 valence electrons. The average molecular weight is 320 g/mol. The van der Waals surface area contributed by atoms with Crippen molar-refractivity contribution in [2.24, 2.45) is 23.2 Å². The first-order chi connectivity index (χ1) is 11.7. The van der Waals surface area contributed by atoms with Crippen molar-refractivity contribution >= 4 is 16.7 Å². The number of hydrogen-bond donors (Lipinski definition) is 1. The molecule has 2 nitrogen and oxygen atoms in total. The normalized spacial score (nSPS) is 35.3. The molecule has 1 heterocycles. The molecule has 0 spiro atoms. The van der Waals surface area contributed by atoms with Gasteiger partial charge in [-0.1, -0.05) is 18.2 Å². The van der Waals surface area contributed by atoms with E-state index in [-0.39, 0.29) is 0 Å². The Morgan fingerprint density at radius 1 is 1.00 bits per heavy atom. The van der Waals surface area contributed by atoms with Gasteiger partial charge in [-0.25, -0.2) is 4.98 Å². The Bertz CT molecular complexity index is 715. The molecule has 4 aliphatic rings. The zero-order valence-corrected chi connectivity index (χ0v) is 14.7. The zero-order valence-electron chi connectivity index (χ0n) is 14.7. The molecule has 2 heteroatoms. The summed E-state index contributed by atoms with van der Waals surface area (Å²) >= 11 is 0. The van der Waals surface area contributed by atoms with Crippen molar-refractivity contribution in [1.29, 1.82) is 0 Å². The van der Waals surface area contributed by atoms with Crippen LogP contribution in [0.15, 0.2) is 36.4 Å². The van der Waals surface area contributed by atoms with Crippen LogP contribution in [0.3, 0.4) is 0 Å². The highest BCUT2D eigenvalue weighted by molar-refractivity contribution is 5.80. The van der Waals surface area contributed by atoms with Crippen molar-refractivity contribution in [1.82, 2.24) is 4.98 Å². The van der Waals surface area contributed by atoms with Gasteiger partial charge in [-0.05, 0) is 93.2 Å². The van der Waals surface area contributed by atoms with Crippen LogP contribution in [-0.2, 0) is 0 Å². The van der Waals surface area contributed by atoms with Gasteiger partial charge < -0.3 is 5.32 Å². The lowest BCUT2D eigenvalue weighted by Crippen LogP contribution is -2.47. The van der Waals surface area contributed by atoms with Crippen LogP contribution in [0.5, 0.6) is 0 Å². The number of anilines is 1. The number of para-hydroxylation sites is 1. The zero-order chi connectivity index (χ0) is 16.1. The molecule has 1 N–H and O–H groups in total. The van der Waals surface area contributed by atoms with Crippen LogP contribution in [0.2, 0.25) is 0 Å². The number of nitrogens with one attached hydrogen (secondary N) is 1. The molecule has 0 saturated heterocycles. The highest BCUT2D eigenvalue weighted by Gasteiger charge is 2.50. The number of hydrogen-bond acceptors (Lipinski definition) is 2. The first-order valence-electron chi connectivity index (χ1n) is 9.80. The van der Waals surface area contributed by atoms with Crippen molar-refractivity contribution in [2.45, 2.75) is 57.9 Å². The van der Waals surface area contributed by atoms with Crippen molar-refractivity contribution in [3.05, 3.63) is 36.4 Å². The number of aromatic nitrogens is 1. The van der Waals surface area contributed by atoms with Gasteiger partial charge in [0.05, 0.1) is 5.52 Å². The fraction of sp³-hybridized carbons (Fsp3) is 0.591. The van der Waals surface area contributed by atoms with Crippen LogP contribution in [0.4, 0.5) is 5.82 Å². The Hall–Kier alpha value is -1.57. The van der Waals surface area contributed by atoms with Crippen LogP contribution in [-0.4, -0.2) is 11.0 Å². The second-order valence-electron chi connectivity index (χ2n) is 9.06. The minimum absolute atomic E-state index is 0.509. The number of fused-ring (bicyclic) bond motifs is 1. The molecule has 0 aliphatic heterocycles. The average Bonchev–Trinajstić information content (AvgIpc) is 2.52. The monoisotopic (exact) mass is 320 g/mol. The Balaban J connectivity index is 1.31. The fourth-order valence-electron chi connectivity index (χ4n) is 6.64. The van der Waals surface area contributed by atoms with Crippen molar-refractivity contribution in [3.8, 4) is 0 Å². The van der Waals surface area contributed by atoms with E-state index >= 15 is 0 Å². The van der Waals surface area contributed by atoms with E-state index in [4.69, 9.17) is 4.98 Å². The van der Waals surface area contributed by atoms with Crippen molar-refractivity contribution in [2.75, 3.05) is 5.32 Å². The lowest BCUT2D eigenvalue weighted by atomic mass is 9.48. The molecule has 1 aromatic carbocycles. The molecule has 4 fully saturated rings.